The highest BCUT2D eigenvalue weighted by molar-refractivity contribution is 5.88. The van der Waals surface area contributed by atoms with Gasteiger partial charge in [-0.2, -0.15) is 0 Å². The molecule has 0 bridgehead atoms. The van der Waals surface area contributed by atoms with Gasteiger partial charge in [-0.25, -0.2) is 14.8 Å². The van der Waals surface area contributed by atoms with Gasteiger partial charge in [0.05, 0.1) is 5.56 Å². The maximum atomic E-state index is 10.7. The lowest BCUT2D eigenvalue weighted by Gasteiger charge is -2.02. The van der Waals surface area contributed by atoms with Crippen LogP contribution < -0.4 is 0 Å². The zero-order valence-corrected chi connectivity index (χ0v) is 10.1. The molecule has 0 unspecified atom stereocenters. The minimum Gasteiger partial charge on any atom is -0.478 e. The lowest BCUT2D eigenvalue weighted by molar-refractivity contribution is 0.0697. The summed E-state index contributed by atoms with van der Waals surface area (Å²) in [5.41, 5.74) is 2.20. The molecule has 0 spiro atoms. The maximum Gasteiger partial charge on any atom is 0.335 e. The van der Waals surface area contributed by atoms with Crippen molar-refractivity contribution in [2.75, 3.05) is 0 Å². The Bertz CT molecular complexity index is 533. The SMILES string of the molecule is CCCc1cnc(-c2ccc(C(=O)O)cc2)nc1. The molecule has 2 aromatic rings. The molecular formula is C14H14N2O2. The quantitative estimate of drug-likeness (QED) is 0.895. The third-order valence-electron chi connectivity index (χ3n) is 2.63. The smallest absolute Gasteiger partial charge is 0.335 e. The van der Waals surface area contributed by atoms with E-state index >= 15 is 0 Å². The van der Waals surface area contributed by atoms with E-state index < -0.39 is 5.97 Å². The van der Waals surface area contributed by atoms with Gasteiger partial charge in [-0.3, -0.25) is 0 Å². The molecule has 0 saturated carbocycles. The van der Waals surface area contributed by atoms with Crippen LogP contribution in [0, 0.1) is 0 Å². The van der Waals surface area contributed by atoms with Crippen molar-refractivity contribution < 1.29 is 9.90 Å². The minimum absolute atomic E-state index is 0.265. The fourth-order valence-electron chi connectivity index (χ4n) is 1.68. The molecule has 1 N–H and O–H groups in total. The molecule has 1 aromatic carbocycles. The van der Waals surface area contributed by atoms with Crippen molar-refractivity contribution in [3.8, 4) is 11.4 Å². The Morgan fingerprint density at radius 2 is 1.78 bits per heavy atom. The first-order valence-electron chi connectivity index (χ1n) is 5.85. The predicted molar refractivity (Wildman–Crippen MR) is 68.4 cm³/mol. The van der Waals surface area contributed by atoms with Crippen molar-refractivity contribution in [1.82, 2.24) is 9.97 Å². The largest absolute Gasteiger partial charge is 0.478 e. The van der Waals surface area contributed by atoms with E-state index in [0.29, 0.717) is 5.82 Å². The van der Waals surface area contributed by atoms with Crippen LogP contribution in [0.5, 0.6) is 0 Å². The van der Waals surface area contributed by atoms with Crippen LogP contribution in [-0.2, 0) is 6.42 Å². The van der Waals surface area contributed by atoms with Crippen LogP contribution in [0.3, 0.4) is 0 Å². The van der Waals surface area contributed by atoms with Gasteiger partial charge in [0.1, 0.15) is 0 Å². The number of aryl methyl sites for hydroxylation is 1. The van der Waals surface area contributed by atoms with Crippen molar-refractivity contribution in [3.63, 3.8) is 0 Å². The fraction of sp³-hybridized carbons (Fsp3) is 0.214. The summed E-state index contributed by atoms with van der Waals surface area (Å²) in [7, 11) is 0. The molecule has 0 aliphatic rings. The third-order valence-corrected chi connectivity index (χ3v) is 2.63. The molecular weight excluding hydrogens is 228 g/mol. The number of aromatic carboxylic acids is 1. The van der Waals surface area contributed by atoms with Gasteiger partial charge >= 0.3 is 5.97 Å². The van der Waals surface area contributed by atoms with Gasteiger partial charge in [0, 0.05) is 18.0 Å². The molecule has 1 aromatic heterocycles. The zero-order valence-electron chi connectivity index (χ0n) is 10.1. The van der Waals surface area contributed by atoms with Crippen molar-refractivity contribution in [2.45, 2.75) is 19.8 Å². The average Bonchev–Trinajstić information content (AvgIpc) is 2.40. The molecule has 18 heavy (non-hydrogen) atoms. The second-order valence-corrected chi connectivity index (χ2v) is 4.05. The van der Waals surface area contributed by atoms with Gasteiger partial charge in [-0.1, -0.05) is 25.5 Å². The third kappa shape index (κ3) is 2.71. The number of benzene rings is 1. The summed E-state index contributed by atoms with van der Waals surface area (Å²) in [6, 6.07) is 6.55. The Kier molecular flexibility index (Phi) is 3.67. The Balaban J connectivity index is 2.23. The first-order chi connectivity index (χ1) is 8.70. The molecule has 1 heterocycles. The van der Waals surface area contributed by atoms with E-state index in [4.69, 9.17) is 5.11 Å². The summed E-state index contributed by atoms with van der Waals surface area (Å²) in [6.45, 7) is 2.11. The highest BCUT2D eigenvalue weighted by atomic mass is 16.4. The Morgan fingerprint density at radius 1 is 1.17 bits per heavy atom. The number of hydrogen-bond donors (Lipinski definition) is 1. The van der Waals surface area contributed by atoms with Crippen molar-refractivity contribution in [3.05, 3.63) is 47.8 Å². The molecule has 4 heteroatoms. The standard InChI is InChI=1S/C14H14N2O2/c1-2-3-10-8-15-13(16-9-10)11-4-6-12(7-5-11)14(17)18/h4-9H,2-3H2,1H3,(H,17,18). The molecule has 4 nitrogen and oxygen atoms in total. The summed E-state index contributed by atoms with van der Waals surface area (Å²) < 4.78 is 0. The molecule has 0 radical (unpaired) electrons. The van der Waals surface area contributed by atoms with Crippen LogP contribution in [0.25, 0.3) is 11.4 Å². The van der Waals surface area contributed by atoms with E-state index in [0.717, 1.165) is 24.0 Å². The Labute approximate surface area is 105 Å². The summed E-state index contributed by atoms with van der Waals surface area (Å²) >= 11 is 0. The van der Waals surface area contributed by atoms with E-state index in [1.54, 1.807) is 24.3 Å². The van der Waals surface area contributed by atoms with Gasteiger partial charge in [0.15, 0.2) is 5.82 Å². The van der Waals surface area contributed by atoms with Gasteiger partial charge in [0.25, 0.3) is 0 Å². The lowest BCUT2D eigenvalue weighted by atomic mass is 10.1. The highest BCUT2D eigenvalue weighted by Crippen LogP contribution is 2.15. The lowest BCUT2D eigenvalue weighted by Crippen LogP contribution is -1.96. The summed E-state index contributed by atoms with van der Waals surface area (Å²) in [5.74, 6) is -0.312. The van der Waals surface area contributed by atoms with Gasteiger partial charge in [0.2, 0.25) is 0 Å². The van der Waals surface area contributed by atoms with Crippen molar-refractivity contribution >= 4 is 5.97 Å². The number of rotatable bonds is 4. The molecule has 0 aliphatic carbocycles. The van der Waals surface area contributed by atoms with Crippen LogP contribution in [0.4, 0.5) is 0 Å². The van der Waals surface area contributed by atoms with E-state index in [-0.39, 0.29) is 5.56 Å². The van der Waals surface area contributed by atoms with E-state index in [2.05, 4.69) is 16.9 Å². The maximum absolute atomic E-state index is 10.7. The molecule has 2 rings (SSSR count). The molecule has 0 amide bonds. The molecule has 92 valence electrons. The van der Waals surface area contributed by atoms with E-state index in [9.17, 15) is 4.79 Å². The topological polar surface area (TPSA) is 63.1 Å². The Morgan fingerprint density at radius 3 is 2.28 bits per heavy atom. The average molecular weight is 242 g/mol. The van der Waals surface area contributed by atoms with E-state index in [1.807, 2.05) is 12.4 Å². The molecule has 0 fully saturated rings. The number of hydrogen-bond acceptors (Lipinski definition) is 3. The number of carboxylic acid groups (broad SMARTS) is 1. The zero-order chi connectivity index (χ0) is 13.0. The molecule has 0 atom stereocenters. The Hall–Kier alpha value is -2.23. The predicted octanol–water partition coefficient (Wildman–Crippen LogP) is 2.79. The number of carboxylic acids is 1. The van der Waals surface area contributed by atoms with Gasteiger partial charge in [-0.15, -0.1) is 0 Å². The van der Waals surface area contributed by atoms with Crippen LogP contribution >= 0.6 is 0 Å². The molecule has 0 saturated heterocycles. The second-order valence-electron chi connectivity index (χ2n) is 4.05. The number of aromatic nitrogens is 2. The van der Waals surface area contributed by atoms with Crippen LogP contribution in [0.1, 0.15) is 29.3 Å². The summed E-state index contributed by atoms with van der Waals surface area (Å²) in [5, 5.41) is 8.81. The first kappa shape index (κ1) is 12.2. The van der Waals surface area contributed by atoms with E-state index in [1.165, 1.54) is 0 Å². The summed E-state index contributed by atoms with van der Waals surface area (Å²) in [6.07, 6.45) is 5.67. The first-order valence-corrected chi connectivity index (χ1v) is 5.85. The second kappa shape index (κ2) is 5.40. The van der Waals surface area contributed by atoms with Crippen LogP contribution in [0.2, 0.25) is 0 Å². The van der Waals surface area contributed by atoms with Gasteiger partial charge in [-0.05, 0) is 24.1 Å². The number of nitrogens with zero attached hydrogens (tertiary/aromatic N) is 2. The summed E-state index contributed by atoms with van der Waals surface area (Å²) in [4.78, 5) is 19.3. The highest BCUT2D eigenvalue weighted by Gasteiger charge is 2.04. The van der Waals surface area contributed by atoms with Gasteiger partial charge < -0.3 is 5.11 Å². The van der Waals surface area contributed by atoms with Crippen LogP contribution in [-0.4, -0.2) is 21.0 Å². The normalized spacial score (nSPS) is 10.3. The van der Waals surface area contributed by atoms with Crippen molar-refractivity contribution in [1.29, 1.82) is 0 Å². The minimum atomic E-state index is -0.930. The fourth-order valence-corrected chi connectivity index (χ4v) is 1.68. The monoisotopic (exact) mass is 242 g/mol. The van der Waals surface area contributed by atoms with Crippen molar-refractivity contribution in [2.24, 2.45) is 0 Å². The number of carbonyl (C=O) groups is 1. The molecule has 0 aliphatic heterocycles. The van der Waals surface area contributed by atoms with Crippen LogP contribution in [0.15, 0.2) is 36.7 Å².